The van der Waals surface area contributed by atoms with Gasteiger partial charge in [0.2, 0.25) is 10.0 Å². The number of sulfonamides is 1. The Kier molecular flexibility index (Phi) is 4.88. The maximum atomic E-state index is 12.1. The molecule has 0 aromatic heterocycles. The Morgan fingerprint density at radius 2 is 1.81 bits per heavy atom. The molecule has 2 aromatic rings. The van der Waals surface area contributed by atoms with Crippen molar-refractivity contribution in [2.24, 2.45) is 0 Å². The summed E-state index contributed by atoms with van der Waals surface area (Å²) in [4.78, 5) is 0.250. The largest absolute Gasteiger partial charge is 0.489 e. The van der Waals surface area contributed by atoms with Gasteiger partial charge in [-0.1, -0.05) is 29.8 Å². The number of ether oxygens (including phenoxy) is 1. The summed E-state index contributed by atoms with van der Waals surface area (Å²) < 4.78 is 30.9. The summed E-state index contributed by atoms with van der Waals surface area (Å²) >= 11 is 5.88. The molecule has 0 bridgehead atoms. The fourth-order valence-corrected chi connectivity index (χ4v) is 2.88. The van der Waals surface area contributed by atoms with Crippen LogP contribution < -0.4 is 4.74 Å². The summed E-state index contributed by atoms with van der Waals surface area (Å²) in [5, 5.41) is 0.594. The zero-order chi connectivity index (χ0) is 15.5. The summed E-state index contributed by atoms with van der Waals surface area (Å²) in [6, 6.07) is 13.8. The van der Waals surface area contributed by atoms with Crippen molar-refractivity contribution in [3.05, 3.63) is 59.1 Å². The molecule has 0 aliphatic rings. The van der Waals surface area contributed by atoms with Crippen LogP contribution in [0.4, 0.5) is 0 Å². The smallest absolute Gasteiger partial charge is 0.242 e. The van der Waals surface area contributed by atoms with Gasteiger partial charge in [-0.15, -0.1) is 0 Å². The predicted octanol–water partition coefficient (Wildman–Crippen LogP) is 3.17. The molecule has 0 aliphatic carbocycles. The Morgan fingerprint density at radius 3 is 2.48 bits per heavy atom. The van der Waals surface area contributed by atoms with E-state index in [2.05, 4.69) is 0 Å². The lowest BCUT2D eigenvalue weighted by Crippen LogP contribution is -2.22. The molecule has 0 saturated heterocycles. The lowest BCUT2D eigenvalue weighted by molar-refractivity contribution is 0.306. The third-order valence-corrected chi connectivity index (χ3v) is 4.92. The number of rotatable bonds is 5. The Labute approximate surface area is 130 Å². The lowest BCUT2D eigenvalue weighted by Gasteiger charge is -2.12. The van der Waals surface area contributed by atoms with Crippen LogP contribution in [0.3, 0.4) is 0 Å². The van der Waals surface area contributed by atoms with Gasteiger partial charge >= 0.3 is 0 Å². The Balaban J connectivity index is 2.15. The van der Waals surface area contributed by atoms with E-state index in [1.807, 2.05) is 6.07 Å². The van der Waals surface area contributed by atoms with Gasteiger partial charge in [-0.3, -0.25) is 0 Å². The van der Waals surface area contributed by atoms with Gasteiger partial charge in [0.15, 0.2) is 0 Å². The standard InChI is InChI=1S/C15H16ClNO3S/c1-17(2)21(18,19)15-8-3-5-12(9-15)11-20-14-7-4-6-13(16)10-14/h3-10H,11H2,1-2H3. The van der Waals surface area contributed by atoms with Gasteiger partial charge in [-0.05, 0) is 35.9 Å². The van der Waals surface area contributed by atoms with Crippen LogP contribution in [0.1, 0.15) is 5.56 Å². The summed E-state index contributed by atoms with van der Waals surface area (Å²) in [6.07, 6.45) is 0. The molecule has 0 radical (unpaired) electrons. The molecule has 0 amide bonds. The van der Waals surface area contributed by atoms with Crippen molar-refractivity contribution in [1.82, 2.24) is 4.31 Å². The maximum Gasteiger partial charge on any atom is 0.242 e. The van der Waals surface area contributed by atoms with E-state index < -0.39 is 10.0 Å². The van der Waals surface area contributed by atoms with E-state index in [-0.39, 0.29) is 11.5 Å². The molecule has 21 heavy (non-hydrogen) atoms. The van der Waals surface area contributed by atoms with Crippen molar-refractivity contribution in [3.8, 4) is 5.75 Å². The van der Waals surface area contributed by atoms with E-state index in [4.69, 9.17) is 16.3 Å². The second kappa shape index (κ2) is 6.47. The minimum atomic E-state index is -3.43. The second-order valence-corrected chi connectivity index (χ2v) is 7.27. The quantitative estimate of drug-likeness (QED) is 0.848. The highest BCUT2D eigenvalue weighted by molar-refractivity contribution is 7.89. The normalized spacial score (nSPS) is 11.6. The SMILES string of the molecule is CN(C)S(=O)(=O)c1cccc(COc2cccc(Cl)c2)c1. The molecular formula is C15H16ClNO3S. The van der Waals surface area contributed by atoms with E-state index in [9.17, 15) is 8.42 Å². The molecule has 6 heteroatoms. The minimum absolute atomic E-state index is 0.250. The first kappa shape index (κ1) is 15.8. The fourth-order valence-electron chi connectivity index (χ4n) is 1.73. The first-order valence-corrected chi connectivity index (χ1v) is 8.11. The van der Waals surface area contributed by atoms with Crippen LogP contribution in [0, 0.1) is 0 Å². The van der Waals surface area contributed by atoms with Crippen molar-refractivity contribution in [2.75, 3.05) is 14.1 Å². The van der Waals surface area contributed by atoms with Crippen LogP contribution in [0.15, 0.2) is 53.4 Å². The van der Waals surface area contributed by atoms with E-state index in [1.54, 1.807) is 42.5 Å². The van der Waals surface area contributed by atoms with Gasteiger partial charge in [-0.2, -0.15) is 0 Å². The van der Waals surface area contributed by atoms with Crippen molar-refractivity contribution in [1.29, 1.82) is 0 Å². The molecule has 0 unspecified atom stereocenters. The zero-order valence-electron chi connectivity index (χ0n) is 11.8. The van der Waals surface area contributed by atoms with Crippen LogP contribution in [0.2, 0.25) is 5.02 Å². The van der Waals surface area contributed by atoms with Gasteiger partial charge < -0.3 is 4.74 Å². The molecule has 0 fully saturated rings. The Morgan fingerprint density at radius 1 is 1.10 bits per heavy atom. The molecule has 0 aliphatic heterocycles. The van der Waals surface area contributed by atoms with Gasteiger partial charge in [-0.25, -0.2) is 12.7 Å². The second-order valence-electron chi connectivity index (χ2n) is 4.68. The van der Waals surface area contributed by atoms with Crippen molar-refractivity contribution >= 4 is 21.6 Å². The molecule has 0 spiro atoms. The van der Waals surface area contributed by atoms with Crippen LogP contribution in [-0.4, -0.2) is 26.8 Å². The van der Waals surface area contributed by atoms with E-state index >= 15 is 0 Å². The van der Waals surface area contributed by atoms with E-state index in [0.29, 0.717) is 10.8 Å². The number of hydrogen-bond acceptors (Lipinski definition) is 3. The van der Waals surface area contributed by atoms with Gasteiger partial charge in [0, 0.05) is 19.1 Å². The Bertz CT molecular complexity index is 729. The monoisotopic (exact) mass is 325 g/mol. The highest BCUT2D eigenvalue weighted by atomic mass is 35.5. The molecule has 2 aromatic carbocycles. The highest BCUT2D eigenvalue weighted by Gasteiger charge is 2.17. The molecule has 0 atom stereocenters. The van der Waals surface area contributed by atoms with E-state index in [0.717, 1.165) is 5.56 Å². The van der Waals surface area contributed by atoms with Gasteiger partial charge in [0.25, 0.3) is 0 Å². The molecule has 0 heterocycles. The topological polar surface area (TPSA) is 46.6 Å². The first-order valence-electron chi connectivity index (χ1n) is 6.29. The van der Waals surface area contributed by atoms with Gasteiger partial charge in [0.1, 0.15) is 12.4 Å². The third-order valence-electron chi connectivity index (χ3n) is 2.88. The highest BCUT2D eigenvalue weighted by Crippen LogP contribution is 2.20. The summed E-state index contributed by atoms with van der Waals surface area (Å²) in [6.45, 7) is 0.275. The summed E-state index contributed by atoms with van der Waals surface area (Å²) in [7, 11) is -0.424. The molecule has 2 rings (SSSR count). The number of halogens is 1. The zero-order valence-corrected chi connectivity index (χ0v) is 13.4. The Hall–Kier alpha value is -1.56. The van der Waals surface area contributed by atoms with Gasteiger partial charge in [0.05, 0.1) is 4.90 Å². The van der Waals surface area contributed by atoms with Crippen LogP contribution in [-0.2, 0) is 16.6 Å². The van der Waals surface area contributed by atoms with E-state index in [1.165, 1.54) is 18.4 Å². The van der Waals surface area contributed by atoms with Crippen LogP contribution in [0.5, 0.6) is 5.75 Å². The molecular weight excluding hydrogens is 310 g/mol. The molecule has 4 nitrogen and oxygen atoms in total. The maximum absolute atomic E-state index is 12.1. The molecule has 0 saturated carbocycles. The van der Waals surface area contributed by atoms with Crippen LogP contribution >= 0.6 is 11.6 Å². The number of nitrogens with zero attached hydrogens (tertiary/aromatic N) is 1. The summed E-state index contributed by atoms with van der Waals surface area (Å²) in [5.41, 5.74) is 0.776. The van der Waals surface area contributed by atoms with Crippen molar-refractivity contribution in [2.45, 2.75) is 11.5 Å². The third kappa shape index (κ3) is 3.97. The number of hydrogen-bond donors (Lipinski definition) is 0. The van der Waals surface area contributed by atoms with Crippen molar-refractivity contribution < 1.29 is 13.2 Å². The number of benzene rings is 2. The van der Waals surface area contributed by atoms with Crippen molar-refractivity contribution in [3.63, 3.8) is 0 Å². The van der Waals surface area contributed by atoms with Crippen LogP contribution in [0.25, 0.3) is 0 Å². The molecule has 0 N–H and O–H groups in total. The lowest BCUT2D eigenvalue weighted by atomic mass is 10.2. The average molecular weight is 326 g/mol. The minimum Gasteiger partial charge on any atom is -0.489 e. The summed E-state index contributed by atoms with van der Waals surface area (Å²) in [5.74, 6) is 0.642. The first-order chi connectivity index (χ1) is 9.89. The fraction of sp³-hybridized carbons (Fsp3) is 0.200. The average Bonchev–Trinajstić information content (AvgIpc) is 2.45. The predicted molar refractivity (Wildman–Crippen MR) is 83.1 cm³/mol. The molecule has 112 valence electrons.